The summed E-state index contributed by atoms with van der Waals surface area (Å²) < 4.78 is 0. The molecule has 0 atom stereocenters. The minimum Gasteiger partial charge on any atom is -0.397 e. The molecule has 4 heteroatoms. The number of nitriles is 1. The van der Waals surface area contributed by atoms with Crippen molar-refractivity contribution in [2.75, 3.05) is 17.7 Å². The molecule has 0 amide bonds. The number of nitrogen functional groups attached to an aromatic ring is 1. The third-order valence-corrected chi connectivity index (χ3v) is 3.24. The van der Waals surface area contributed by atoms with E-state index in [-0.39, 0.29) is 12.1 Å². The highest BCUT2D eigenvalue weighted by molar-refractivity contribution is 5.69. The van der Waals surface area contributed by atoms with E-state index in [1.54, 1.807) is 18.2 Å². The number of nitrogens with two attached hydrogens (primary N) is 1. The molecule has 1 aromatic rings. The van der Waals surface area contributed by atoms with Crippen molar-refractivity contribution in [1.82, 2.24) is 0 Å². The molecule has 0 unspecified atom stereocenters. The fourth-order valence-corrected chi connectivity index (χ4v) is 1.71. The van der Waals surface area contributed by atoms with Gasteiger partial charge in [0.2, 0.25) is 0 Å². The molecule has 4 N–H and O–H groups in total. The van der Waals surface area contributed by atoms with Gasteiger partial charge in [0.05, 0.1) is 35.2 Å². The summed E-state index contributed by atoms with van der Waals surface area (Å²) in [6.45, 7) is 4.06. The first-order valence-corrected chi connectivity index (χ1v) is 5.79. The van der Waals surface area contributed by atoms with E-state index in [9.17, 15) is 5.11 Å². The molecule has 0 radical (unpaired) electrons. The van der Waals surface area contributed by atoms with Gasteiger partial charge in [-0.25, -0.2) is 0 Å². The average molecular weight is 233 g/mol. The predicted octanol–water partition coefficient (Wildman–Crippen LogP) is 2.10. The minimum absolute atomic E-state index is 0.0379. The van der Waals surface area contributed by atoms with Gasteiger partial charge in [-0.3, -0.25) is 0 Å². The Morgan fingerprint density at radius 1 is 1.41 bits per heavy atom. The number of hydrogen-bond donors (Lipinski definition) is 3. The summed E-state index contributed by atoms with van der Waals surface area (Å²) in [5.41, 5.74) is 7.34. The first kappa shape index (κ1) is 13.3. The fourth-order valence-electron chi connectivity index (χ4n) is 1.71. The number of benzene rings is 1. The lowest BCUT2D eigenvalue weighted by Crippen LogP contribution is -2.41. The van der Waals surface area contributed by atoms with Gasteiger partial charge in [-0.1, -0.05) is 13.8 Å². The van der Waals surface area contributed by atoms with Crippen LogP contribution in [0.1, 0.15) is 32.3 Å². The highest BCUT2D eigenvalue weighted by atomic mass is 16.3. The van der Waals surface area contributed by atoms with Crippen LogP contribution >= 0.6 is 0 Å². The Bertz CT molecular complexity index is 411. The maximum atomic E-state index is 9.49. The molecular weight excluding hydrogens is 214 g/mol. The van der Waals surface area contributed by atoms with Gasteiger partial charge in [0.15, 0.2) is 0 Å². The van der Waals surface area contributed by atoms with E-state index < -0.39 is 0 Å². The Balaban J connectivity index is 3.05. The molecule has 0 fully saturated rings. The Morgan fingerprint density at radius 2 is 2.06 bits per heavy atom. The van der Waals surface area contributed by atoms with Crippen LogP contribution in [0, 0.1) is 11.3 Å². The van der Waals surface area contributed by atoms with Gasteiger partial charge in [0.25, 0.3) is 0 Å². The van der Waals surface area contributed by atoms with Crippen LogP contribution in [0.25, 0.3) is 0 Å². The van der Waals surface area contributed by atoms with E-state index in [2.05, 4.69) is 11.4 Å². The highest BCUT2D eigenvalue weighted by Gasteiger charge is 2.25. The van der Waals surface area contributed by atoms with Gasteiger partial charge >= 0.3 is 0 Å². The predicted molar refractivity (Wildman–Crippen MR) is 69.6 cm³/mol. The largest absolute Gasteiger partial charge is 0.397 e. The topological polar surface area (TPSA) is 82.1 Å². The van der Waals surface area contributed by atoms with Crippen molar-refractivity contribution in [1.29, 1.82) is 5.26 Å². The maximum Gasteiger partial charge on any atom is 0.0992 e. The van der Waals surface area contributed by atoms with Crippen molar-refractivity contribution >= 4 is 11.4 Å². The normalized spacial score (nSPS) is 10.9. The Morgan fingerprint density at radius 3 is 2.53 bits per heavy atom. The fraction of sp³-hybridized carbons (Fsp3) is 0.462. The SMILES string of the molecule is CCC(CC)(CO)Nc1cc(C#N)ccc1N. The first-order valence-electron chi connectivity index (χ1n) is 5.79. The summed E-state index contributed by atoms with van der Waals surface area (Å²) >= 11 is 0. The van der Waals surface area contributed by atoms with Gasteiger partial charge in [0.1, 0.15) is 0 Å². The van der Waals surface area contributed by atoms with E-state index in [0.717, 1.165) is 12.8 Å². The zero-order chi connectivity index (χ0) is 12.9. The smallest absolute Gasteiger partial charge is 0.0992 e. The third kappa shape index (κ3) is 2.89. The van der Waals surface area contributed by atoms with Crippen LogP contribution in [0.3, 0.4) is 0 Å². The molecule has 0 saturated carbocycles. The Hall–Kier alpha value is -1.73. The molecule has 0 spiro atoms. The third-order valence-electron chi connectivity index (χ3n) is 3.24. The number of anilines is 2. The van der Waals surface area contributed by atoms with E-state index >= 15 is 0 Å². The molecule has 0 bridgehead atoms. The summed E-state index contributed by atoms with van der Waals surface area (Å²) in [4.78, 5) is 0. The van der Waals surface area contributed by atoms with E-state index in [1.807, 2.05) is 13.8 Å². The molecule has 17 heavy (non-hydrogen) atoms. The van der Waals surface area contributed by atoms with Gasteiger partial charge in [0, 0.05) is 0 Å². The second-order valence-corrected chi connectivity index (χ2v) is 4.18. The zero-order valence-corrected chi connectivity index (χ0v) is 10.3. The molecule has 92 valence electrons. The zero-order valence-electron chi connectivity index (χ0n) is 10.3. The standard InChI is InChI=1S/C13H19N3O/c1-3-13(4-2,9-17)16-12-7-10(8-14)5-6-11(12)15/h5-7,16-17H,3-4,9,15H2,1-2H3. The monoisotopic (exact) mass is 233 g/mol. The summed E-state index contributed by atoms with van der Waals surface area (Å²) in [6.07, 6.45) is 1.58. The van der Waals surface area contributed by atoms with Crippen molar-refractivity contribution < 1.29 is 5.11 Å². The van der Waals surface area contributed by atoms with E-state index in [0.29, 0.717) is 16.9 Å². The van der Waals surface area contributed by atoms with Gasteiger partial charge in [-0.2, -0.15) is 5.26 Å². The quantitative estimate of drug-likeness (QED) is 0.680. The second-order valence-electron chi connectivity index (χ2n) is 4.18. The number of nitrogens with one attached hydrogen (secondary N) is 1. The first-order chi connectivity index (χ1) is 8.10. The van der Waals surface area contributed by atoms with E-state index in [1.165, 1.54) is 0 Å². The number of aliphatic hydroxyl groups excluding tert-OH is 1. The van der Waals surface area contributed by atoms with Crippen LogP contribution in [0.4, 0.5) is 11.4 Å². The Labute approximate surface area is 102 Å². The molecule has 0 aliphatic rings. The van der Waals surface area contributed by atoms with E-state index in [4.69, 9.17) is 11.0 Å². The van der Waals surface area contributed by atoms with Crippen LogP contribution in [-0.4, -0.2) is 17.3 Å². The number of hydrogen-bond acceptors (Lipinski definition) is 4. The molecule has 4 nitrogen and oxygen atoms in total. The lowest BCUT2D eigenvalue weighted by atomic mass is 9.93. The van der Waals surface area contributed by atoms with Crippen molar-refractivity contribution in [3.63, 3.8) is 0 Å². The molecule has 0 saturated heterocycles. The molecule has 0 aromatic heterocycles. The molecule has 0 aliphatic carbocycles. The molecule has 0 heterocycles. The lowest BCUT2D eigenvalue weighted by Gasteiger charge is -2.32. The maximum absolute atomic E-state index is 9.49. The summed E-state index contributed by atoms with van der Waals surface area (Å²) in [5, 5.41) is 21.6. The van der Waals surface area contributed by atoms with Gasteiger partial charge in [-0.05, 0) is 31.0 Å². The van der Waals surface area contributed by atoms with Gasteiger partial charge in [-0.15, -0.1) is 0 Å². The van der Waals surface area contributed by atoms with Crippen LogP contribution in [0.2, 0.25) is 0 Å². The molecule has 1 rings (SSSR count). The van der Waals surface area contributed by atoms with Gasteiger partial charge < -0.3 is 16.2 Å². The second kappa shape index (κ2) is 5.55. The van der Waals surface area contributed by atoms with Crippen LogP contribution in [-0.2, 0) is 0 Å². The number of nitrogens with zero attached hydrogens (tertiary/aromatic N) is 1. The molecular formula is C13H19N3O. The van der Waals surface area contributed by atoms with Crippen LogP contribution < -0.4 is 11.1 Å². The summed E-state index contributed by atoms with van der Waals surface area (Å²) in [6, 6.07) is 7.17. The molecule has 0 aliphatic heterocycles. The summed E-state index contributed by atoms with van der Waals surface area (Å²) in [5.74, 6) is 0. The number of aliphatic hydroxyl groups is 1. The molecule has 1 aromatic carbocycles. The van der Waals surface area contributed by atoms with Crippen molar-refractivity contribution in [3.8, 4) is 6.07 Å². The highest BCUT2D eigenvalue weighted by Crippen LogP contribution is 2.27. The van der Waals surface area contributed by atoms with Crippen LogP contribution in [0.15, 0.2) is 18.2 Å². The Kier molecular flexibility index (Phi) is 4.36. The minimum atomic E-state index is -0.373. The average Bonchev–Trinajstić information content (AvgIpc) is 2.38. The lowest BCUT2D eigenvalue weighted by molar-refractivity contribution is 0.202. The van der Waals surface area contributed by atoms with Crippen molar-refractivity contribution in [2.24, 2.45) is 0 Å². The van der Waals surface area contributed by atoms with Crippen LogP contribution in [0.5, 0.6) is 0 Å². The summed E-state index contributed by atoms with van der Waals surface area (Å²) in [7, 11) is 0. The van der Waals surface area contributed by atoms with Crippen molar-refractivity contribution in [3.05, 3.63) is 23.8 Å². The van der Waals surface area contributed by atoms with Crippen molar-refractivity contribution in [2.45, 2.75) is 32.2 Å². The number of rotatable bonds is 5.